The first-order chi connectivity index (χ1) is 11.2. The number of benzene rings is 3. The maximum atomic E-state index is 12.8. The van der Waals surface area contributed by atoms with Crippen molar-refractivity contribution >= 4 is 16.7 Å². The molecule has 3 aromatic rings. The van der Waals surface area contributed by atoms with Gasteiger partial charge in [-0.1, -0.05) is 48.5 Å². The first kappa shape index (κ1) is 15.0. The summed E-state index contributed by atoms with van der Waals surface area (Å²) in [5.74, 6) is 0.168. The standard InChI is InChI=1S/C19H16FNO2/c20-16-10-8-14(9-11-16)12-21-19(22)13-23-18-7-3-5-15-4-1-2-6-17(15)18/h1-11H,12-13H2,(H,21,22). The van der Waals surface area contributed by atoms with Crippen molar-refractivity contribution in [1.29, 1.82) is 0 Å². The number of nitrogens with one attached hydrogen (secondary N) is 1. The van der Waals surface area contributed by atoms with Crippen molar-refractivity contribution in [1.82, 2.24) is 5.32 Å². The Kier molecular flexibility index (Phi) is 4.52. The molecule has 0 unspecified atom stereocenters. The molecule has 0 saturated heterocycles. The van der Waals surface area contributed by atoms with Gasteiger partial charge in [-0.2, -0.15) is 0 Å². The van der Waals surface area contributed by atoms with Gasteiger partial charge in [0.1, 0.15) is 11.6 Å². The maximum Gasteiger partial charge on any atom is 0.258 e. The summed E-state index contributed by atoms with van der Waals surface area (Å²) in [6.45, 7) is 0.285. The predicted molar refractivity (Wildman–Crippen MR) is 87.7 cm³/mol. The van der Waals surface area contributed by atoms with Crippen molar-refractivity contribution in [2.24, 2.45) is 0 Å². The van der Waals surface area contributed by atoms with Crippen molar-refractivity contribution in [2.75, 3.05) is 6.61 Å². The van der Waals surface area contributed by atoms with Crippen molar-refractivity contribution in [3.8, 4) is 5.75 Å². The topological polar surface area (TPSA) is 38.3 Å². The number of hydrogen-bond acceptors (Lipinski definition) is 2. The lowest BCUT2D eigenvalue weighted by molar-refractivity contribution is -0.123. The minimum atomic E-state index is -0.292. The van der Waals surface area contributed by atoms with Crippen LogP contribution in [-0.2, 0) is 11.3 Å². The van der Waals surface area contributed by atoms with E-state index in [1.165, 1.54) is 12.1 Å². The second kappa shape index (κ2) is 6.92. The Morgan fingerprint density at radius 1 is 0.957 bits per heavy atom. The van der Waals surface area contributed by atoms with E-state index in [1.54, 1.807) is 12.1 Å². The molecule has 0 bridgehead atoms. The molecule has 0 aliphatic carbocycles. The van der Waals surface area contributed by atoms with Gasteiger partial charge >= 0.3 is 0 Å². The van der Waals surface area contributed by atoms with E-state index in [9.17, 15) is 9.18 Å². The van der Waals surface area contributed by atoms with Crippen LogP contribution in [0.15, 0.2) is 66.7 Å². The molecule has 0 spiro atoms. The van der Waals surface area contributed by atoms with E-state index < -0.39 is 0 Å². The number of ether oxygens (including phenoxy) is 1. The number of rotatable bonds is 5. The van der Waals surface area contributed by atoms with Gasteiger partial charge in [0.05, 0.1) is 0 Å². The van der Waals surface area contributed by atoms with E-state index in [0.29, 0.717) is 12.3 Å². The van der Waals surface area contributed by atoms with Crippen LogP contribution >= 0.6 is 0 Å². The van der Waals surface area contributed by atoms with Crippen LogP contribution in [-0.4, -0.2) is 12.5 Å². The molecule has 0 radical (unpaired) electrons. The summed E-state index contributed by atoms with van der Waals surface area (Å²) in [5, 5.41) is 4.79. The highest BCUT2D eigenvalue weighted by Gasteiger charge is 2.05. The van der Waals surface area contributed by atoms with Gasteiger partial charge in [0.25, 0.3) is 5.91 Å². The van der Waals surface area contributed by atoms with Crippen LogP contribution in [0.1, 0.15) is 5.56 Å². The predicted octanol–water partition coefficient (Wildman–Crippen LogP) is 3.67. The Balaban J connectivity index is 1.57. The Bertz CT molecular complexity index is 810. The van der Waals surface area contributed by atoms with Gasteiger partial charge in [-0.15, -0.1) is 0 Å². The van der Waals surface area contributed by atoms with Gasteiger partial charge in [-0.3, -0.25) is 4.79 Å². The molecule has 0 fully saturated rings. The molecule has 0 aliphatic rings. The van der Waals surface area contributed by atoms with Crippen molar-refractivity contribution in [2.45, 2.75) is 6.54 Å². The smallest absolute Gasteiger partial charge is 0.258 e. The summed E-state index contributed by atoms with van der Waals surface area (Å²) < 4.78 is 18.4. The van der Waals surface area contributed by atoms with Gasteiger partial charge in [0.2, 0.25) is 0 Å². The summed E-state index contributed by atoms with van der Waals surface area (Å²) >= 11 is 0. The van der Waals surface area contributed by atoms with Crippen LogP contribution < -0.4 is 10.1 Å². The molecule has 1 N–H and O–H groups in total. The summed E-state index contributed by atoms with van der Waals surface area (Å²) in [6, 6.07) is 19.6. The SMILES string of the molecule is O=C(COc1cccc2ccccc12)NCc1ccc(F)cc1. The minimum absolute atomic E-state index is 0.0603. The molecule has 0 heterocycles. The highest BCUT2D eigenvalue weighted by atomic mass is 19.1. The molecule has 0 atom stereocenters. The third-order valence-electron chi connectivity index (χ3n) is 3.51. The van der Waals surface area contributed by atoms with Gasteiger partial charge in [-0.05, 0) is 29.1 Å². The molecule has 23 heavy (non-hydrogen) atoms. The van der Waals surface area contributed by atoms with Gasteiger partial charge in [0.15, 0.2) is 6.61 Å². The zero-order valence-electron chi connectivity index (χ0n) is 12.5. The van der Waals surface area contributed by atoms with E-state index in [4.69, 9.17) is 4.74 Å². The van der Waals surface area contributed by atoms with Crippen molar-refractivity contribution in [3.05, 3.63) is 78.1 Å². The molecule has 0 saturated carbocycles. The molecule has 4 heteroatoms. The largest absolute Gasteiger partial charge is 0.483 e. The minimum Gasteiger partial charge on any atom is -0.483 e. The van der Waals surface area contributed by atoms with Crippen LogP contribution in [0, 0.1) is 5.82 Å². The van der Waals surface area contributed by atoms with Crippen LogP contribution in [0.2, 0.25) is 0 Å². The van der Waals surface area contributed by atoms with Crippen LogP contribution in [0.5, 0.6) is 5.75 Å². The lowest BCUT2D eigenvalue weighted by atomic mass is 10.1. The lowest BCUT2D eigenvalue weighted by Gasteiger charge is -2.10. The van der Waals surface area contributed by atoms with Crippen LogP contribution in [0.25, 0.3) is 10.8 Å². The van der Waals surface area contributed by atoms with Gasteiger partial charge < -0.3 is 10.1 Å². The number of amides is 1. The molecule has 3 rings (SSSR count). The van der Waals surface area contributed by atoms with Crippen LogP contribution in [0.4, 0.5) is 4.39 Å². The fourth-order valence-electron chi connectivity index (χ4n) is 2.32. The third-order valence-corrected chi connectivity index (χ3v) is 3.51. The second-order valence-electron chi connectivity index (χ2n) is 5.17. The average molecular weight is 309 g/mol. The molecule has 0 aliphatic heterocycles. The molecule has 3 nitrogen and oxygen atoms in total. The number of halogens is 1. The van der Waals surface area contributed by atoms with E-state index in [0.717, 1.165) is 16.3 Å². The maximum absolute atomic E-state index is 12.8. The van der Waals surface area contributed by atoms with E-state index in [-0.39, 0.29) is 18.3 Å². The zero-order valence-corrected chi connectivity index (χ0v) is 12.5. The monoisotopic (exact) mass is 309 g/mol. The summed E-state index contributed by atoms with van der Waals surface area (Å²) in [5.41, 5.74) is 0.838. The lowest BCUT2D eigenvalue weighted by Crippen LogP contribution is -2.28. The normalized spacial score (nSPS) is 10.5. The zero-order chi connectivity index (χ0) is 16.1. The molecular weight excluding hydrogens is 293 g/mol. The highest BCUT2D eigenvalue weighted by molar-refractivity contribution is 5.88. The van der Waals surface area contributed by atoms with E-state index >= 15 is 0 Å². The summed E-state index contributed by atoms with van der Waals surface area (Å²) in [4.78, 5) is 11.9. The first-order valence-electron chi connectivity index (χ1n) is 7.34. The Labute approximate surface area is 133 Å². The van der Waals surface area contributed by atoms with Gasteiger partial charge in [0, 0.05) is 11.9 Å². The quantitative estimate of drug-likeness (QED) is 0.781. The number of hydrogen-bond donors (Lipinski definition) is 1. The number of fused-ring (bicyclic) bond motifs is 1. The summed E-state index contributed by atoms with van der Waals surface area (Å²) in [7, 11) is 0. The molecule has 3 aromatic carbocycles. The molecule has 1 amide bonds. The third kappa shape index (κ3) is 3.86. The Morgan fingerprint density at radius 3 is 2.52 bits per heavy atom. The molecule has 0 aromatic heterocycles. The molecular formula is C19H16FNO2. The van der Waals surface area contributed by atoms with Crippen LogP contribution in [0.3, 0.4) is 0 Å². The fourth-order valence-corrected chi connectivity index (χ4v) is 2.32. The Hall–Kier alpha value is -2.88. The van der Waals surface area contributed by atoms with E-state index in [2.05, 4.69) is 5.32 Å². The fraction of sp³-hybridized carbons (Fsp3) is 0.105. The Morgan fingerprint density at radius 2 is 1.70 bits per heavy atom. The van der Waals surface area contributed by atoms with E-state index in [1.807, 2.05) is 42.5 Å². The average Bonchev–Trinajstić information content (AvgIpc) is 2.59. The molecule has 116 valence electrons. The van der Waals surface area contributed by atoms with Crippen molar-refractivity contribution in [3.63, 3.8) is 0 Å². The summed E-state index contributed by atoms with van der Waals surface area (Å²) in [6.07, 6.45) is 0. The number of carbonyl (C=O) groups excluding carboxylic acids is 1. The number of carbonyl (C=O) groups is 1. The van der Waals surface area contributed by atoms with Gasteiger partial charge in [-0.25, -0.2) is 4.39 Å². The second-order valence-corrected chi connectivity index (χ2v) is 5.17. The first-order valence-corrected chi connectivity index (χ1v) is 7.34. The van der Waals surface area contributed by atoms with Crippen molar-refractivity contribution < 1.29 is 13.9 Å². The highest BCUT2D eigenvalue weighted by Crippen LogP contribution is 2.24.